The number of likely N-dealkylation sites (N-methyl/N-ethyl adjacent to an activating group) is 1. The second-order valence-electron chi connectivity index (χ2n) is 7.57. The zero-order valence-corrected chi connectivity index (χ0v) is 16.8. The molecule has 0 fully saturated rings. The number of rotatable bonds is 7. The third kappa shape index (κ3) is 5.16. The number of hydrogen-bond donors (Lipinski definition) is 1. The van der Waals surface area contributed by atoms with Crippen LogP contribution in [0, 0.1) is 5.92 Å². The molecule has 0 bridgehead atoms. The number of nitrogens with one attached hydrogen (secondary N) is 1. The Labute approximate surface area is 165 Å². The van der Waals surface area contributed by atoms with Gasteiger partial charge in [0, 0.05) is 31.4 Å². The number of hydrogen-bond acceptors (Lipinski definition) is 5. The van der Waals surface area contributed by atoms with E-state index in [0.29, 0.717) is 39.3 Å². The molecule has 0 aliphatic carbocycles. The SMILES string of the molecule is CC(C)C(=O)N1CCn2nc(CNC(=O)CN(C)Cc3ccncc3)cc2C1. The molecule has 0 unspecified atom stereocenters. The van der Waals surface area contributed by atoms with E-state index in [1.807, 2.05) is 53.6 Å². The molecule has 1 N–H and O–H groups in total. The summed E-state index contributed by atoms with van der Waals surface area (Å²) >= 11 is 0. The van der Waals surface area contributed by atoms with E-state index in [1.165, 1.54) is 0 Å². The van der Waals surface area contributed by atoms with Gasteiger partial charge in [0.25, 0.3) is 0 Å². The van der Waals surface area contributed by atoms with Crippen molar-refractivity contribution in [3.05, 3.63) is 47.5 Å². The molecule has 3 rings (SSSR count). The lowest BCUT2D eigenvalue weighted by atomic mass is 10.1. The average Bonchev–Trinajstić information content (AvgIpc) is 3.08. The van der Waals surface area contributed by atoms with Crippen LogP contribution >= 0.6 is 0 Å². The number of nitrogens with zero attached hydrogens (tertiary/aromatic N) is 5. The molecule has 0 atom stereocenters. The first-order valence-electron chi connectivity index (χ1n) is 9.61. The standard InChI is InChI=1S/C20H28N6O2/c1-15(2)20(28)25-8-9-26-18(13-25)10-17(23-26)11-22-19(27)14-24(3)12-16-4-6-21-7-5-16/h4-7,10,15H,8-9,11-14H2,1-3H3,(H,22,27). The zero-order valence-electron chi connectivity index (χ0n) is 16.8. The Morgan fingerprint density at radius 2 is 2.00 bits per heavy atom. The van der Waals surface area contributed by atoms with Crippen molar-refractivity contribution < 1.29 is 9.59 Å². The van der Waals surface area contributed by atoms with E-state index < -0.39 is 0 Å². The van der Waals surface area contributed by atoms with Crippen LogP contribution in [0.1, 0.15) is 30.8 Å². The molecule has 2 amide bonds. The Bertz CT molecular complexity index is 817. The highest BCUT2D eigenvalue weighted by molar-refractivity contribution is 5.78. The van der Waals surface area contributed by atoms with Crippen LogP contribution in [0.4, 0.5) is 0 Å². The van der Waals surface area contributed by atoms with Gasteiger partial charge < -0.3 is 10.2 Å². The Balaban J connectivity index is 1.48. The van der Waals surface area contributed by atoms with Crippen LogP contribution in [-0.2, 0) is 35.8 Å². The molecule has 3 heterocycles. The van der Waals surface area contributed by atoms with Crippen LogP contribution in [0.3, 0.4) is 0 Å². The van der Waals surface area contributed by atoms with Crippen molar-refractivity contribution in [1.82, 2.24) is 29.9 Å². The van der Waals surface area contributed by atoms with Crippen LogP contribution in [-0.4, -0.2) is 56.5 Å². The van der Waals surface area contributed by atoms with Crippen molar-refractivity contribution in [3.8, 4) is 0 Å². The van der Waals surface area contributed by atoms with Crippen molar-refractivity contribution in [1.29, 1.82) is 0 Å². The topological polar surface area (TPSA) is 83.4 Å². The molecule has 0 radical (unpaired) electrons. The maximum atomic E-state index is 12.2. The van der Waals surface area contributed by atoms with Gasteiger partial charge >= 0.3 is 0 Å². The van der Waals surface area contributed by atoms with Gasteiger partial charge in [0.2, 0.25) is 11.8 Å². The summed E-state index contributed by atoms with van der Waals surface area (Å²) in [4.78, 5) is 32.2. The van der Waals surface area contributed by atoms with Crippen molar-refractivity contribution in [3.63, 3.8) is 0 Å². The lowest BCUT2D eigenvalue weighted by molar-refractivity contribution is -0.136. The fourth-order valence-electron chi connectivity index (χ4n) is 3.31. The van der Waals surface area contributed by atoms with E-state index in [4.69, 9.17) is 0 Å². The molecule has 1 aliphatic heterocycles. The highest BCUT2D eigenvalue weighted by Crippen LogP contribution is 2.16. The largest absolute Gasteiger partial charge is 0.349 e. The molecule has 0 spiro atoms. The van der Waals surface area contributed by atoms with E-state index >= 15 is 0 Å². The fourth-order valence-corrected chi connectivity index (χ4v) is 3.31. The molecule has 1 aliphatic rings. The van der Waals surface area contributed by atoms with Gasteiger partial charge in [-0.05, 0) is 30.8 Å². The van der Waals surface area contributed by atoms with Gasteiger partial charge in [-0.2, -0.15) is 5.10 Å². The van der Waals surface area contributed by atoms with E-state index in [2.05, 4.69) is 15.4 Å². The predicted molar refractivity (Wildman–Crippen MR) is 105 cm³/mol. The Kier molecular flexibility index (Phi) is 6.41. The molecular formula is C20H28N6O2. The van der Waals surface area contributed by atoms with Gasteiger partial charge in [-0.1, -0.05) is 13.8 Å². The molecule has 8 nitrogen and oxygen atoms in total. The number of pyridine rings is 1. The first-order chi connectivity index (χ1) is 13.4. The fraction of sp³-hybridized carbons (Fsp3) is 0.500. The normalized spacial score (nSPS) is 13.7. The molecule has 2 aromatic heterocycles. The lowest BCUT2D eigenvalue weighted by Crippen LogP contribution is -2.40. The minimum Gasteiger partial charge on any atom is -0.349 e. The van der Waals surface area contributed by atoms with Gasteiger partial charge in [0.05, 0.1) is 37.6 Å². The number of carbonyl (C=O) groups excluding carboxylic acids is 2. The van der Waals surface area contributed by atoms with Crippen LogP contribution in [0.2, 0.25) is 0 Å². The van der Waals surface area contributed by atoms with Crippen molar-refractivity contribution in [2.45, 2.75) is 40.0 Å². The monoisotopic (exact) mass is 384 g/mol. The summed E-state index contributed by atoms with van der Waals surface area (Å²) in [7, 11) is 1.91. The van der Waals surface area contributed by atoms with Crippen LogP contribution in [0.15, 0.2) is 30.6 Å². The second-order valence-corrected chi connectivity index (χ2v) is 7.57. The molecular weight excluding hydrogens is 356 g/mol. The van der Waals surface area contributed by atoms with Crippen LogP contribution in [0.25, 0.3) is 0 Å². The zero-order chi connectivity index (χ0) is 20.1. The van der Waals surface area contributed by atoms with Crippen LogP contribution < -0.4 is 5.32 Å². The molecule has 0 saturated carbocycles. The van der Waals surface area contributed by atoms with Gasteiger partial charge in [-0.15, -0.1) is 0 Å². The molecule has 0 aromatic carbocycles. The first kappa shape index (κ1) is 20.0. The van der Waals surface area contributed by atoms with Gasteiger partial charge in [-0.25, -0.2) is 0 Å². The number of carbonyl (C=O) groups is 2. The Morgan fingerprint density at radius 1 is 1.25 bits per heavy atom. The van der Waals surface area contributed by atoms with Crippen molar-refractivity contribution in [2.24, 2.45) is 5.92 Å². The van der Waals surface area contributed by atoms with Gasteiger partial charge in [0.1, 0.15) is 0 Å². The summed E-state index contributed by atoms with van der Waals surface area (Å²) in [5, 5.41) is 7.48. The van der Waals surface area contributed by atoms with E-state index in [-0.39, 0.29) is 17.7 Å². The Morgan fingerprint density at radius 3 is 2.71 bits per heavy atom. The van der Waals surface area contributed by atoms with E-state index in [9.17, 15) is 9.59 Å². The highest BCUT2D eigenvalue weighted by atomic mass is 16.2. The first-order valence-corrected chi connectivity index (χ1v) is 9.61. The van der Waals surface area contributed by atoms with E-state index in [0.717, 1.165) is 17.0 Å². The summed E-state index contributed by atoms with van der Waals surface area (Å²) in [5.74, 6) is 0.121. The summed E-state index contributed by atoms with van der Waals surface area (Å²) in [6, 6.07) is 5.86. The Hall–Kier alpha value is -2.74. The number of aromatic nitrogens is 3. The quantitative estimate of drug-likeness (QED) is 0.771. The third-order valence-corrected chi connectivity index (χ3v) is 4.74. The molecule has 2 aromatic rings. The minimum atomic E-state index is -0.0425. The van der Waals surface area contributed by atoms with Crippen molar-refractivity contribution in [2.75, 3.05) is 20.1 Å². The van der Waals surface area contributed by atoms with E-state index in [1.54, 1.807) is 12.4 Å². The third-order valence-electron chi connectivity index (χ3n) is 4.74. The van der Waals surface area contributed by atoms with Crippen LogP contribution in [0.5, 0.6) is 0 Å². The van der Waals surface area contributed by atoms with Gasteiger partial charge in [-0.3, -0.25) is 24.2 Å². The summed E-state index contributed by atoms with van der Waals surface area (Å²) in [6.45, 7) is 7.17. The second kappa shape index (κ2) is 8.97. The highest BCUT2D eigenvalue weighted by Gasteiger charge is 2.23. The summed E-state index contributed by atoms with van der Waals surface area (Å²) < 4.78 is 1.93. The summed E-state index contributed by atoms with van der Waals surface area (Å²) in [5.41, 5.74) is 2.95. The smallest absolute Gasteiger partial charge is 0.234 e. The predicted octanol–water partition coefficient (Wildman–Crippen LogP) is 1.02. The average molecular weight is 384 g/mol. The minimum absolute atomic E-state index is 0.00244. The maximum Gasteiger partial charge on any atom is 0.234 e. The molecule has 28 heavy (non-hydrogen) atoms. The maximum absolute atomic E-state index is 12.2. The van der Waals surface area contributed by atoms with Gasteiger partial charge in [0.15, 0.2) is 0 Å². The molecule has 150 valence electrons. The van der Waals surface area contributed by atoms with Crippen molar-refractivity contribution >= 4 is 11.8 Å². The molecule has 0 saturated heterocycles. The number of amides is 2. The summed E-state index contributed by atoms with van der Waals surface area (Å²) in [6.07, 6.45) is 3.50. The molecule has 8 heteroatoms. The number of fused-ring (bicyclic) bond motifs is 1. The lowest BCUT2D eigenvalue weighted by Gasteiger charge is -2.29.